The van der Waals surface area contributed by atoms with Crippen LogP contribution in [0.4, 0.5) is 11.6 Å². The summed E-state index contributed by atoms with van der Waals surface area (Å²) in [6.07, 6.45) is 9.48. The summed E-state index contributed by atoms with van der Waals surface area (Å²) in [4.78, 5) is 19.8. The average molecular weight is 372 g/mol. The van der Waals surface area contributed by atoms with Crippen molar-refractivity contribution >= 4 is 17.5 Å². The average Bonchev–Trinajstić information content (AvgIpc) is 3.10. The van der Waals surface area contributed by atoms with E-state index < -0.39 is 0 Å². The first-order chi connectivity index (χ1) is 13.0. The van der Waals surface area contributed by atoms with Gasteiger partial charge in [-0.2, -0.15) is 10.1 Å². The number of ether oxygens (including phenoxy) is 1. The van der Waals surface area contributed by atoms with E-state index in [4.69, 9.17) is 4.74 Å². The Morgan fingerprint density at radius 1 is 1.33 bits per heavy atom. The van der Waals surface area contributed by atoms with Crippen molar-refractivity contribution in [3.63, 3.8) is 0 Å². The summed E-state index contributed by atoms with van der Waals surface area (Å²) in [5, 5.41) is 10.5. The van der Waals surface area contributed by atoms with E-state index in [9.17, 15) is 4.79 Å². The van der Waals surface area contributed by atoms with Crippen molar-refractivity contribution in [1.82, 2.24) is 25.1 Å². The van der Waals surface area contributed by atoms with Crippen molar-refractivity contribution in [3.05, 3.63) is 24.7 Å². The van der Waals surface area contributed by atoms with Crippen LogP contribution >= 0.6 is 0 Å². The van der Waals surface area contributed by atoms with Gasteiger partial charge in [0, 0.05) is 37.5 Å². The molecule has 27 heavy (non-hydrogen) atoms. The van der Waals surface area contributed by atoms with E-state index in [1.807, 2.05) is 10.9 Å². The maximum atomic E-state index is 11.1. The van der Waals surface area contributed by atoms with Crippen LogP contribution in [-0.4, -0.2) is 38.3 Å². The monoisotopic (exact) mass is 372 g/mol. The van der Waals surface area contributed by atoms with E-state index in [1.54, 1.807) is 25.4 Å². The van der Waals surface area contributed by atoms with E-state index in [1.165, 1.54) is 0 Å². The second-order valence-electron chi connectivity index (χ2n) is 7.38. The molecule has 2 aromatic heterocycles. The van der Waals surface area contributed by atoms with Gasteiger partial charge in [0.2, 0.25) is 17.7 Å². The molecule has 8 heteroatoms. The highest BCUT2D eigenvalue weighted by molar-refractivity contribution is 5.73. The number of aromatic nitrogens is 4. The van der Waals surface area contributed by atoms with Crippen LogP contribution in [0.25, 0.3) is 0 Å². The van der Waals surface area contributed by atoms with Crippen LogP contribution in [0.2, 0.25) is 0 Å². The largest absolute Gasteiger partial charge is 0.477 e. The lowest BCUT2D eigenvalue weighted by molar-refractivity contribution is -0.119. The van der Waals surface area contributed by atoms with Gasteiger partial charge in [0.05, 0.1) is 18.5 Å². The Morgan fingerprint density at radius 3 is 2.78 bits per heavy atom. The molecular formula is C19H28N6O2. The van der Waals surface area contributed by atoms with Gasteiger partial charge in [0.15, 0.2) is 0 Å². The number of carbonyl (C=O) groups is 1. The Balaban J connectivity index is 1.48. The zero-order valence-corrected chi connectivity index (χ0v) is 16.2. The summed E-state index contributed by atoms with van der Waals surface area (Å²) < 4.78 is 7.76. The molecule has 0 bridgehead atoms. The van der Waals surface area contributed by atoms with Gasteiger partial charge in [-0.05, 0) is 45.4 Å². The van der Waals surface area contributed by atoms with Gasteiger partial charge in [-0.15, -0.1) is 0 Å². The molecule has 1 saturated carbocycles. The molecule has 8 nitrogen and oxygen atoms in total. The summed E-state index contributed by atoms with van der Waals surface area (Å²) in [6.45, 7) is 6.36. The van der Waals surface area contributed by atoms with Crippen molar-refractivity contribution in [2.75, 3.05) is 11.9 Å². The molecule has 1 aliphatic rings. The number of nitrogens with one attached hydrogen (secondary N) is 2. The van der Waals surface area contributed by atoms with Crippen LogP contribution in [-0.2, 0) is 4.79 Å². The fraction of sp³-hybridized carbons (Fsp3) is 0.579. The van der Waals surface area contributed by atoms with Crippen molar-refractivity contribution in [1.29, 1.82) is 0 Å². The minimum atomic E-state index is 0.0506. The predicted octanol–water partition coefficient (Wildman–Crippen LogP) is 3.07. The van der Waals surface area contributed by atoms with Crippen LogP contribution in [0.5, 0.6) is 5.88 Å². The quantitative estimate of drug-likeness (QED) is 0.776. The molecule has 0 atom stereocenters. The third-order valence-corrected chi connectivity index (χ3v) is 4.74. The van der Waals surface area contributed by atoms with Crippen molar-refractivity contribution < 1.29 is 9.53 Å². The molecule has 0 aliphatic heterocycles. The number of nitrogens with zero attached hydrogens (tertiary/aromatic N) is 4. The molecule has 1 aliphatic carbocycles. The Hall–Kier alpha value is -2.64. The van der Waals surface area contributed by atoms with Crippen LogP contribution in [0, 0.1) is 5.92 Å². The van der Waals surface area contributed by atoms with Gasteiger partial charge in [-0.3, -0.25) is 9.48 Å². The van der Waals surface area contributed by atoms with Crippen molar-refractivity contribution in [2.45, 2.75) is 58.5 Å². The van der Waals surface area contributed by atoms with Crippen LogP contribution in [0.1, 0.15) is 52.5 Å². The van der Waals surface area contributed by atoms with Gasteiger partial charge in [0.1, 0.15) is 0 Å². The lowest BCUT2D eigenvalue weighted by Crippen LogP contribution is -2.37. The first kappa shape index (κ1) is 19.1. The minimum absolute atomic E-state index is 0.0506. The highest BCUT2D eigenvalue weighted by Crippen LogP contribution is 2.25. The maximum Gasteiger partial charge on any atom is 0.230 e. The number of amides is 1. The Labute approximate surface area is 159 Å². The molecule has 2 heterocycles. The molecular weight excluding hydrogens is 344 g/mol. The lowest BCUT2D eigenvalue weighted by atomic mass is 9.86. The number of hydrogen-bond donors (Lipinski definition) is 2. The summed E-state index contributed by atoms with van der Waals surface area (Å²) >= 11 is 0. The molecule has 2 N–H and O–H groups in total. The van der Waals surface area contributed by atoms with Crippen molar-refractivity contribution in [3.8, 4) is 5.88 Å². The second kappa shape index (κ2) is 8.83. The lowest BCUT2D eigenvalue weighted by Gasteiger charge is -2.28. The van der Waals surface area contributed by atoms with Crippen LogP contribution in [0.3, 0.4) is 0 Å². The third kappa shape index (κ3) is 5.67. The van der Waals surface area contributed by atoms with E-state index >= 15 is 0 Å². The molecule has 0 radical (unpaired) electrons. The van der Waals surface area contributed by atoms with Gasteiger partial charge >= 0.3 is 0 Å². The van der Waals surface area contributed by atoms with Gasteiger partial charge < -0.3 is 15.4 Å². The Kier molecular flexibility index (Phi) is 6.26. The first-order valence-corrected chi connectivity index (χ1v) is 9.53. The second-order valence-corrected chi connectivity index (χ2v) is 7.38. The molecule has 1 fully saturated rings. The highest BCUT2D eigenvalue weighted by Gasteiger charge is 2.22. The molecule has 0 aromatic carbocycles. The highest BCUT2D eigenvalue weighted by atomic mass is 16.5. The zero-order chi connectivity index (χ0) is 19.2. The molecule has 146 valence electrons. The molecule has 2 aromatic rings. The number of anilines is 2. The van der Waals surface area contributed by atoms with E-state index in [2.05, 4.69) is 39.5 Å². The first-order valence-electron chi connectivity index (χ1n) is 9.53. The fourth-order valence-corrected chi connectivity index (χ4v) is 3.26. The SMILES string of the molecule is CC(=O)NC1CCC(COc2ccnc(Nc3cnn(C(C)C)c3)n2)CC1. The predicted molar refractivity (Wildman–Crippen MR) is 103 cm³/mol. The Bertz CT molecular complexity index is 752. The summed E-state index contributed by atoms with van der Waals surface area (Å²) in [6, 6.07) is 2.38. The zero-order valence-electron chi connectivity index (χ0n) is 16.2. The minimum Gasteiger partial charge on any atom is -0.477 e. The van der Waals surface area contributed by atoms with E-state index in [-0.39, 0.29) is 5.91 Å². The van der Waals surface area contributed by atoms with Crippen molar-refractivity contribution in [2.24, 2.45) is 5.92 Å². The third-order valence-electron chi connectivity index (χ3n) is 4.74. The summed E-state index contributed by atoms with van der Waals surface area (Å²) in [7, 11) is 0. The summed E-state index contributed by atoms with van der Waals surface area (Å²) in [5.74, 6) is 1.60. The molecule has 3 rings (SSSR count). The normalized spacial score (nSPS) is 19.7. The van der Waals surface area contributed by atoms with Crippen LogP contribution in [0.15, 0.2) is 24.7 Å². The maximum absolute atomic E-state index is 11.1. The fourth-order valence-electron chi connectivity index (χ4n) is 3.26. The molecule has 1 amide bonds. The van der Waals surface area contributed by atoms with E-state index in [0.29, 0.717) is 36.4 Å². The number of rotatable bonds is 7. The standard InChI is InChI=1S/C19H28N6O2/c1-13(2)25-11-17(10-21-25)23-19-20-9-8-18(24-19)27-12-15-4-6-16(7-5-15)22-14(3)26/h8-11,13,15-16H,4-7,12H2,1-3H3,(H,22,26)(H,20,23,24). The molecule has 0 spiro atoms. The number of hydrogen-bond acceptors (Lipinski definition) is 6. The smallest absolute Gasteiger partial charge is 0.230 e. The van der Waals surface area contributed by atoms with Gasteiger partial charge in [-0.25, -0.2) is 4.98 Å². The van der Waals surface area contributed by atoms with E-state index in [0.717, 1.165) is 31.4 Å². The number of carbonyl (C=O) groups excluding carboxylic acids is 1. The molecule has 0 saturated heterocycles. The van der Waals surface area contributed by atoms with Crippen LogP contribution < -0.4 is 15.4 Å². The molecule has 0 unspecified atom stereocenters. The Morgan fingerprint density at radius 2 is 2.11 bits per heavy atom. The summed E-state index contributed by atoms with van der Waals surface area (Å²) in [5.41, 5.74) is 0.845. The van der Waals surface area contributed by atoms with Gasteiger partial charge in [0.25, 0.3) is 0 Å². The van der Waals surface area contributed by atoms with Gasteiger partial charge in [-0.1, -0.05) is 0 Å². The topological polar surface area (TPSA) is 94.0 Å².